The molecule has 17 heavy (non-hydrogen) atoms. The van der Waals surface area contributed by atoms with Crippen molar-refractivity contribution in [2.75, 3.05) is 19.6 Å². The quantitative estimate of drug-likeness (QED) is 0.725. The summed E-state index contributed by atoms with van der Waals surface area (Å²) in [5.74, 6) is 0.202. The molecule has 0 aromatic heterocycles. The van der Waals surface area contributed by atoms with Gasteiger partial charge >= 0.3 is 0 Å². The highest BCUT2D eigenvalue weighted by Crippen LogP contribution is 2.30. The average Bonchev–Trinajstić information content (AvgIpc) is 2.79. The minimum Gasteiger partial charge on any atom is -0.338 e. The second kappa shape index (κ2) is 4.58. The highest BCUT2D eigenvalue weighted by atomic mass is 16.2. The molecule has 3 aliphatic heterocycles. The van der Waals surface area contributed by atoms with Crippen LogP contribution in [0.1, 0.15) is 38.5 Å². The maximum Gasteiger partial charge on any atom is 0.239 e. The lowest BCUT2D eigenvalue weighted by molar-refractivity contribution is -0.138. The lowest BCUT2D eigenvalue weighted by atomic mass is 9.93. The summed E-state index contributed by atoms with van der Waals surface area (Å²) in [4.78, 5) is 16.8. The van der Waals surface area contributed by atoms with E-state index in [1.54, 1.807) is 0 Å². The van der Waals surface area contributed by atoms with Crippen molar-refractivity contribution in [2.45, 2.75) is 56.7 Å². The van der Waals surface area contributed by atoms with Crippen LogP contribution in [0.5, 0.6) is 0 Å². The van der Waals surface area contributed by atoms with Crippen molar-refractivity contribution in [3.05, 3.63) is 0 Å². The average molecular weight is 237 g/mol. The Balaban J connectivity index is 1.66. The van der Waals surface area contributed by atoms with Crippen LogP contribution in [0.25, 0.3) is 0 Å². The number of amides is 1. The third-order valence-electron chi connectivity index (χ3n) is 4.75. The van der Waals surface area contributed by atoms with E-state index in [9.17, 15) is 4.79 Å². The molecule has 3 atom stereocenters. The largest absolute Gasteiger partial charge is 0.338 e. The molecule has 0 radical (unpaired) electrons. The Morgan fingerprint density at radius 2 is 1.82 bits per heavy atom. The van der Waals surface area contributed by atoms with Crippen LogP contribution >= 0.6 is 0 Å². The van der Waals surface area contributed by atoms with Crippen molar-refractivity contribution in [1.82, 2.24) is 9.80 Å². The fourth-order valence-electron chi connectivity index (χ4n) is 3.78. The molecular weight excluding hydrogens is 214 g/mol. The molecule has 3 heterocycles. The Hall–Kier alpha value is -0.610. The topological polar surface area (TPSA) is 49.6 Å². The van der Waals surface area contributed by atoms with Crippen molar-refractivity contribution >= 4 is 5.91 Å². The van der Waals surface area contributed by atoms with E-state index in [2.05, 4.69) is 9.80 Å². The van der Waals surface area contributed by atoms with E-state index in [1.165, 1.54) is 32.4 Å². The van der Waals surface area contributed by atoms with Crippen LogP contribution in [-0.2, 0) is 4.79 Å². The lowest BCUT2D eigenvalue weighted by Crippen LogP contribution is -2.56. The van der Waals surface area contributed by atoms with Gasteiger partial charge in [0.2, 0.25) is 5.91 Å². The first-order valence-corrected chi connectivity index (χ1v) is 7.06. The smallest absolute Gasteiger partial charge is 0.239 e. The van der Waals surface area contributed by atoms with Crippen molar-refractivity contribution in [3.8, 4) is 0 Å². The van der Waals surface area contributed by atoms with Crippen LogP contribution in [0.15, 0.2) is 0 Å². The highest BCUT2D eigenvalue weighted by molar-refractivity contribution is 5.82. The summed E-state index contributed by atoms with van der Waals surface area (Å²) < 4.78 is 0. The van der Waals surface area contributed by atoms with Crippen molar-refractivity contribution in [2.24, 2.45) is 5.73 Å². The Kier molecular flexibility index (Phi) is 3.09. The normalized spacial score (nSPS) is 39.5. The number of fused-ring (bicyclic) bond motifs is 1. The number of piperidine rings is 2. The molecule has 0 aromatic rings. The predicted molar refractivity (Wildman–Crippen MR) is 66.5 cm³/mol. The van der Waals surface area contributed by atoms with Crippen molar-refractivity contribution in [3.63, 3.8) is 0 Å². The Morgan fingerprint density at radius 3 is 2.71 bits per heavy atom. The van der Waals surface area contributed by atoms with Gasteiger partial charge in [0.1, 0.15) is 0 Å². The lowest BCUT2D eigenvalue weighted by Gasteiger charge is -2.43. The van der Waals surface area contributed by atoms with Gasteiger partial charge in [-0.05, 0) is 45.1 Å². The zero-order chi connectivity index (χ0) is 11.8. The summed E-state index contributed by atoms with van der Waals surface area (Å²) in [6, 6.07) is 0.971. The summed E-state index contributed by atoms with van der Waals surface area (Å²) in [7, 11) is 0. The molecule has 0 spiro atoms. The molecule has 0 saturated carbocycles. The Morgan fingerprint density at radius 1 is 1.00 bits per heavy atom. The zero-order valence-electron chi connectivity index (χ0n) is 10.5. The first kappa shape index (κ1) is 11.5. The van der Waals surface area contributed by atoms with Crippen LogP contribution in [0.3, 0.4) is 0 Å². The van der Waals surface area contributed by atoms with Gasteiger partial charge in [0.25, 0.3) is 0 Å². The van der Waals surface area contributed by atoms with E-state index in [0.717, 1.165) is 31.8 Å². The van der Waals surface area contributed by atoms with Crippen molar-refractivity contribution in [1.29, 1.82) is 0 Å². The van der Waals surface area contributed by atoms with Gasteiger partial charge in [-0.2, -0.15) is 0 Å². The summed E-state index contributed by atoms with van der Waals surface area (Å²) in [6.07, 6.45) is 6.94. The zero-order valence-corrected chi connectivity index (χ0v) is 10.5. The third-order valence-corrected chi connectivity index (χ3v) is 4.75. The molecule has 0 aromatic carbocycles. The molecule has 96 valence electrons. The number of carbonyl (C=O) groups is 1. The molecule has 4 nitrogen and oxygen atoms in total. The highest BCUT2D eigenvalue weighted by Gasteiger charge is 2.37. The van der Waals surface area contributed by atoms with Gasteiger partial charge in [0.05, 0.1) is 6.04 Å². The van der Waals surface area contributed by atoms with Gasteiger partial charge in [-0.3, -0.25) is 4.79 Å². The van der Waals surface area contributed by atoms with Gasteiger partial charge < -0.3 is 15.5 Å². The van der Waals surface area contributed by atoms with E-state index in [-0.39, 0.29) is 11.9 Å². The second-order valence-electron chi connectivity index (χ2n) is 5.79. The molecule has 3 unspecified atom stereocenters. The summed E-state index contributed by atoms with van der Waals surface area (Å²) >= 11 is 0. The number of carbonyl (C=O) groups excluding carboxylic acids is 1. The molecule has 3 saturated heterocycles. The van der Waals surface area contributed by atoms with E-state index in [4.69, 9.17) is 5.73 Å². The van der Waals surface area contributed by atoms with Gasteiger partial charge in [-0.1, -0.05) is 0 Å². The molecule has 1 amide bonds. The number of hydrogen-bond acceptors (Lipinski definition) is 3. The molecule has 0 aliphatic carbocycles. The first-order chi connectivity index (χ1) is 8.25. The van der Waals surface area contributed by atoms with E-state index < -0.39 is 0 Å². The van der Waals surface area contributed by atoms with Crippen molar-refractivity contribution < 1.29 is 4.79 Å². The monoisotopic (exact) mass is 237 g/mol. The fraction of sp³-hybridized carbons (Fsp3) is 0.923. The minimum atomic E-state index is -0.231. The predicted octanol–water partition coefficient (Wildman–Crippen LogP) is 0.563. The maximum atomic E-state index is 12.1. The number of nitrogens with two attached hydrogens (primary N) is 1. The molecular formula is C13H23N3O. The Labute approximate surface area is 103 Å². The number of rotatable bonds is 1. The van der Waals surface area contributed by atoms with E-state index in [1.807, 2.05) is 0 Å². The molecule has 4 heteroatoms. The molecule has 0 bridgehead atoms. The molecule has 3 rings (SSSR count). The molecule has 3 aliphatic rings. The van der Waals surface area contributed by atoms with Crippen LogP contribution in [0.4, 0.5) is 0 Å². The van der Waals surface area contributed by atoms with E-state index >= 15 is 0 Å². The van der Waals surface area contributed by atoms with Gasteiger partial charge in [-0.25, -0.2) is 0 Å². The first-order valence-electron chi connectivity index (χ1n) is 7.06. The van der Waals surface area contributed by atoms with Crippen LogP contribution < -0.4 is 5.73 Å². The van der Waals surface area contributed by atoms with Gasteiger partial charge in [0.15, 0.2) is 0 Å². The summed E-state index contributed by atoms with van der Waals surface area (Å²) in [5.41, 5.74) is 5.88. The van der Waals surface area contributed by atoms with Gasteiger partial charge in [-0.15, -0.1) is 0 Å². The van der Waals surface area contributed by atoms with E-state index in [0.29, 0.717) is 6.04 Å². The van der Waals surface area contributed by atoms with Crippen LogP contribution in [0, 0.1) is 0 Å². The molecule has 3 fully saturated rings. The SMILES string of the molecule is NC1CCCN(C2CCN3CCCC3C2)C1=O. The minimum absolute atomic E-state index is 0.202. The second-order valence-corrected chi connectivity index (χ2v) is 5.79. The molecule has 2 N–H and O–H groups in total. The van der Waals surface area contributed by atoms with Gasteiger partial charge in [0, 0.05) is 25.2 Å². The number of likely N-dealkylation sites (tertiary alicyclic amines) is 1. The summed E-state index contributed by atoms with van der Waals surface area (Å²) in [6.45, 7) is 3.38. The number of nitrogens with zero attached hydrogens (tertiary/aromatic N) is 2. The fourth-order valence-corrected chi connectivity index (χ4v) is 3.78. The number of hydrogen-bond donors (Lipinski definition) is 1. The van der Waals surface area contributed by atoms with Crippen LogP contribution in [-0.4, -0.2) is 53.5 Å². The maximum absolute atomic E-state index is 12.1. The standard InChI is InChI=1S/C13H23N3O/c14-12-4-2-7-16(13(12)17)11-5-8-15-6-1-3-10(15)9-11/h10-12H,1-9,14H2. The summed E-state index contributed by atoms with van der Waals surface area (Å²) in [5, 5.41) is 0. The van der Waals surface area contributed by atoms with Crippen LogP contribution in [0.2, 0.25) is 0 Å². The third kappa shape index (κ3) is 2.08. The Bertz CT molecular complexity index is 307.